The standard InChI is InChI=1S/C16H13N3O3/c1-22-11-6-4-5-10(9-11)15(20)19-18-14-12-7-2-3-8-13(12)17-16(14)21/h2-9,17,21H,1H3. The van der Waals surface area contributed by atoms with Gasteiger partial charge in [0.15, 0.2) is 5.69 Å². The summed E-state index contributed by atoms with van der Waals surface area (Å²) in [6.07, 6.45) is 0. The SMILES string of the molecule is COc1cccc(C(=O)N=Nc2c(O)[nH]c3ccccc23)c1. The predicted molar refractivity (Wildman–Crippen MR) is 81.8 cm³/mol. The molecule has 0 fully saturated rings. The molecule has 0 atom stereocenters. The van der Waals surface area contributed by atoms with Gasteiger partial charge in [-0.3, -0.25) is 4.79 Å². The molecule has 6 nitrogen and oxygen atoms in total. The Labute approximate surface area is 126 Å². The van der Waals surface area contributed by atoms with Crippen molar-refractivity contribution in [3.63, 3.8) is 0 Å². The molecule has 1 aromatic heterocycles. The normalized spacial score (nSPS) is 11.1. The number of aromatic amines is 1. The molecule has 1 heterocycles. The molecule has 3 rings (SSSR count). The van der Waals surface area contributed by atoms with Crippen molar-refractivity contribution in [3.8, 4) is 11.6 Å². The molecule has 0 aliphatic carbocycles. The van der Waals surface area contributed by atoms with Crippen molar-refractivity contribution in [3.05, 3.63) is 54.1 Å². The van der Waals surface area contributed by atoms with Crippen LogP contribution in [0, 0.1) is 0 Å². The highest BCUT2D eigenvalue weighted by Gasteiger charge is 2.11. The molecular weight excluding hydrogens is 282 g/mol. The fourth-order valence-corrected chi connectivity index (χ4v) is 2.12. The van der Waals surface area contributed by atoms with Crippen LogP contribution in [0.1, 0.15) is 10.4 Å². The number of hydrogen-bond donors (Lipinski definition) is 2. The van der Waals surface area contributed by atoms with Crippen molar-refractivity contribution in [1.82, 2.24) is 4.98 Å². The van der Waals surface area contributed by atoms with E-state index in [-0.39, 0.29) is 11.6 Å². The topological polar surface area (TPSA) is 87.0 Å². The summed E-state index contributed by atoms with van der Waals surface area (Å²) in [5.41, 5.74) is 1.33. The molecule has 0 saturated carbocycles. The molecule has 3 aromatic rings. The van der Waals surface area contributed by atoms with E-state index in [2.05, 4.69) is 15.2 Å². The first-order valence-electron chi connectivity index (χ1n) is 6.59. The Balaban J connectivity index is 1.92. The van der Waals surface area contributed by atoms with Crippen molar-refractivity contribution < 1.29 is 14.6 Å². The molecule has 0 saturated heterocycles. The van der Waals surface area contributed by atoms with E-state index in [4.69, 9.17) is 4.74 Å². The molecule has 0 aliphatic heterocycles. The summed E-state index contributed by atoms with van der Waals surface area (Å²) in [4.78, 5) is 14.8. The highest BCUT2D eigenvalue weighted by Crippen LogP contribution is 2.35. The highest BCUT2D eigenvalue weighted by molar-refractivity contribution is 5.97. The number of aromatic nitrogens is 1. The second kappa shape index (κ2) is 5.69. The first-order valence-corrected chi connectivity index (χ1v) is 6.59. The Morgan fingerprint density at radius 3 is 2.82 bits per heavy atom. The van der Waals surface area contributed by atoms with Crippen LogP contribution in [0.5, 0.6) is 11.6 Å². The van der Waals surface area contributed by atoms with Crippen LogP contribution in [0.25, 0.3) is 10.9 Å². The summed E-state index contributed by atoms with van der Waals surface area (Å²) in [5, 5.41) is 18.1. The minimum absolute atomic E-state index is 0.122. The quantitative estimate of drug-likeness (QED) is 0.720. The monoisotopic (exact) mass is 295 g/mol. The number of carbonyl (C=O) groups excluding carboxylic acids is 1. The van der Waals surface area contributed by atoms with Crippen LogP contribution in [-0.4, -0.2) is 23.1 Å². The molecule has 0 aliphatic rings. The highest BCUT2D eigenvalue weighted by atomic mass is 16.5. The van der Waals surface area contributed by atoms with Crippen LogP contribution in [0.4, 0.5) is 5.69 Å². The van der Waals surface area contributed by atoms with E-state index in [0.717, 1.165) is 5.52 Å². The van der Waals surface area contributed by atoms with Gasteiger partial charge in [0.1, 0.15) is 5.75 Å². The number of H-pyrrole nitrogens is 1. The minimum Gasteiger partial charge on any atom is -0.497 e. The molecule has 22 heavy (non-hydrogen) atoms. The molecular formula is C16H13N3O3. The van der Waals surface area contributed by atoms with Crippen molar-refractivity contribution in [2.45, 2.75) is 0 Å². The maximum Gasteiger partial charge on any atom is 0.295 e. The fraction of sp³-hybridized carbons (Fsp3) is 0.0625. The van der Waals surface area contributed by atoms with Crippen LogP contribution < -0.4 is 4.74 Å². The van der Waals surface area contributed by atoms with Crippen LogP contribution in [0.3, 0.4) is 0 Å². The third kappa shape index (κ3) is 2.54. The van der Waals surface area contributed by atoms with Crippen LogP contribution in [0.2, 0.25) is 0 Å². The van der Waals surface area contributed by atoms with Gasteiger partial charge in [-0.25, -0.2) is 0 Å². The summed E-state index contributed by atoms with van der Waals surface area (Å²) >= 11 is 0. The zero-order valence-electron chi connectivity index (χ0n) is 11.8. The van der Waals surface area contributed by atoms with Gasteiger partial charge in [-0.1, -0.05) is 24.3 Å². The number of methoxy groups -OCH3 is 1. The van der Waals surface area contributed by atoms with Gasteiger partial charge < -0.3 is 14.8 Å². The number of carbonyl (C=O) groups is 1. The Kier molecular flexibility index (Phi) is 3.57. The van der Waals surface area contributed by atoms with Gasteiger partial charge in [0.25, 0.3) is 5.91 Å². The number of aromatic hydroxyl groups is 1. The third-order valence-electron chi connectivity index (χ3n) is 3.22. The van der Waals surface area contributed by atoms with Crippen molar-refractivity contribution in [2.24, 2.45) is 10.2 Å². The maximum absolute atomic E-state index is 12.0. The molecule has 2 aromatic carbocycles. The smallest absolute Gasteiger partial charge is 0.295 e. The van der Waals surface area contributed by atoms with E-state index in [0.29, 0.717) is 16.7 Å². The molecule has 6 heteroatoms. The summed E-state index contributed by atoms with van der Waals surface area (Å²) in [6, 6.07) is 13.9. The van der Waals surface area contributed by atoms with Gasteiger partial charge >= 0.3 is 0 Å². The zero-order chi connectivity index (χ0) is 15.5. The molecule has 110 valence electrons. The second-order valence-corrected chi connectivity index (χ2v) is 4.60. The lowest BCUT2D eigenvalue weighted by Gasteiger charge is -2.00. The first-order chi connectivity index (χ1) is 10.7. The zero-order valence-corrected chi connectivity index (χ0v) is 11.8. The van der Waals surface area contributed by atoms with Gasteiger partial charge in [0.2, 0.25) is 5.88 Å². The number of fused-ring (bicyclic) bond motifs is 1. The number of benzene rings is 2. The third-order valence-corrected chi connectivity index (χ3v) is 3.22. The van der Waals surface area contributed by atoms with Gasteiger partial charge in [-0.05, 0) is 24.3 Å². The molecule has 0 unspecified atom stereocenters. The molecule has 0 spiro atoms. The number of amides is 1. The van der Waals surface area contributed by atoms with Gasteiger partial charge in [-0.2, -0.15) is 0 Å². The largest absolute Gasteiger partial charge is 0.497 e. The molecule has 1 amide bonds. The van der Waals surface area contributed by atoms with Crippen molar-refractivity contribution in [1.29, 1.82) is 0 Å². The Morgan fingerprint density at radius 1 is 1.18 bits per heavy atom. The summed E-state index contributed by atoms with van der Waals surface area (Å²) in [7, 11) is 1.52. The number of nitrogens with one attached hydrogen (secondary N) is 1. The second-order valence-electron chi connectivity index (χ2n) is 4.60. The minimum atomic E-state index is -0.511. The first kappa shape index (κ1) is 13.8. The predicted octanol–water partition coefficient (Wildman–Crippen LogP) is 3.81. The van der Waals surface area contributed by atoms with Crippen LogP contribution in [0.15, 0.2) is 58.8 Å². The molecule has 0 bridgehead atoms. The lowest BCUT2D eigenvalue weighted by Crippen LogP contribution is -1.94. The van der Waals surface area contributed by atoms with E-state index >= 15 is 0 Å². The lowest BCUT2D eigenvalue weighted by atomic mass is 10.2. The maximum atomic E-state index is 12.0. The van der Waals surface area contributed by atoms with E-state index < -0.39 is 5.91 Å². The Morgan fingerprint density at radius 2 is 2.00 bits per heavy atom. The van der Waals surface area contributed by atoms with Crippen molar-refractivity contribution in [2.75, 3.05) is 7.11 Å². The number of rotatable bonds is 3. The van der Waals surface area contributed by atoms with Crippen molar-refractivity contribution >= 4 is 22.5 Å². The van der Waals surface area contributed by atoms with E-state index in [1.54, 1.807) is 36.4 Å². The van der Waals surface area contributed by atoms with Gasteiger partial charge in [0.05, 0.1) is 12.6 Å². The van der Waals surface area contributed by atoms with Crippen LogP contribution >= 0.6 is 0 Å². The fourth-order valence-electron chi connectivity index (χ4n) is 2.12. The lowest BCUT2D eigenvalue weighted by molar-refractivity contribution is 0.0994. The molecule has 0 radical (unpaired) electrons. The van der Waals surface area contributed by atoms with Crippen LogP contribution in [-0.2, 0) is 0 Å². The summed E-state index contributed by atoms with van der Waals surface area (Å²) < 4.78 is 5.06. The number of ether oxygens (including phenoxy) is 1. The average molecular weight is 295 g/mol. The number of nitrogens with zero attached hydrogens (tertiary/aromatic N) is 2. The van der Waals surface area contributed by atoms with E-state index in [1.165, 1.54) is 7.11 Å². The molecule has 2 N–H and O–H groups in total. The Bertz CT molecular complexity index is 868. The van der Waals surface area contributed by atoms with Gasteiger partial charge in [-0.15, -0.1) is 10.2 Å². The summed E-state index contributed by atoms with van der Waals surface area (Å²) in [6.45, 7) is 0. The summed E-state index contributed by atoms with van der Waals surface area (Å²) in [5.74, 6) is -0.0667. The average Bonchev–Trinajstić information content (AvgIpc) is 2.88. The van der Waals surface area contributed by atoms with E-state index in [1.807, 2.05) is 12.1 Å². The number of hydrogen-bond acceptors (Lipinski definition) is 4. The Hall–Kier alpha value is -3.15. The number of azo groups is 1. The van der Waals surface area contributed by atoms with E-state index in [9.17, 15) is 9.90 Å². The number of para-hydroxylation sites is 1. The van der Waals surface area contributed by atoms with Gasteiger partial charge in [0, 0.05) is 10.9 Å².